The van der Waals surface area contributed by atoms with Crippen molar-refractivity contribution in [3.05, 3.63) is 65.3 Å². The van der Waals surface area contributed by atoms with E-state index in [1.165, 1.54) is 17.2 Å². The van der Waals surface area contributed by atoms with E-state index in [0.29, 0.717) is 30.9 Å². The fraction of sp³-hybridized carbons (Fsp3) is 0.333. The van der Waals surface area contributed by atoms with E-state index >= 15 is 0 Å². The third-order valence-electron chi connectivity index (χ3n) is 4.40. The predicted molar refractivity (Wildman–Crippen MR) is 99.7 cm³/mol. The summed E-state index contributed by atoms with van der Waals surface area (Å²) in [7, 11) is 0. The zero-order chi connectivity index (χ0) is 19.4. The molecule has 0 saturated carbocycles. The van der Waals surface area contributed by atoms with Gasteiger partial charge in [0.25, 0.3) is 5.91 Å². The Hall–Kier alpha value is -3.02. The summed E-state index contributed by atoms with van der Waals surface area (Å²) in [5.41, 5.74) is 0.750. The number of carbonyl (C=O) groups is 2. The summed E-state index contributed by atoms with van der Waals surface area (Å²) in [5, 5.41) is 10.5. The lowest BCUT2D eigenvalue weighted by Gasteiger charge is -2.26. The molecule has 0 aliphatic carbocycles. The number of benzene rings is 1. The normalized spacial score (nSPS) is 16.9. The zero-order valence-corrected chi connectivity index (χ0v) is 15.5. The van der Waals surface area contributed by atoms with Gasteiger partial charge in [-0.05, 0) is 42.7 Å². The van der Waals surface area contributed by atoms with Crippen molar-refractivity contribution >= 4 is 11.7 Å². The number of ketones is 1. The lowest BCUT2D eigenvalue weighted by Crippen LogP contribution is -2.31. The molecule has 0 spiro atoms. The maximum atomic E-state index is 12.9. The van der Waals surface area contributed by atoms with Gasteiger partial charge in [-0.25, -0.2) is 0 Å². The lowest BCUT2D eigenvalue weighted by molar-refractivity contribution is -0.129. The molecule has 0 radical (unpaired) electrons. The van der Waals surface area contributed by atoms with E-state index in [-0.39, 0.29) is 11.3 Å². The summed E-state index contributed by atoms with van der Waals surface area (Å²) >= 11 is 0. The molecule has 1 aromatic carbocycles. The van der Waals surface area contributed by atoms with Crippen LogP contribution < -0.4 is 4.74 Å². The minimum absolute atomic E-state index is 0.0380. The van der Waals surface area contributed by atoms with Gasteiger partial charge < -0.3 is 19.2 Å². The number of amides is 1. The van der Waals surface area contributed by atoms with Gasteiger partial charge in [-0.3, -0.25) is 9.59 Å². The van der Waals surface area contributed by atoms with Crippen LogP contribution in [0.4, 0.5) is 0 Å². The minimum atomic E-state index is -0.680. The number of hydrogen-bond donors (Lipinski definition) is 1. The average Bonchev–Trinajstić information content (AvgIpc) is 3.29. The van der Waals surface area contributed by atoms with Crippen LogP contribution in [0.15, 0.2) is 58.4 Å². The number of ether oxygens (including phenoxy) is 1. The lowest BCUT2D eigenvalue weighted by atomic mass is 9.95. The first-order valence-corrected chi connectivity index (χ1v) is 9.13. The third-order valence-corrected chi connectivity index (χ3v) is 4.40. The molecule has 3 rings (SSSR count). The second kappa shape index (κ2) is 8.12. The Balaban J connectivity index is 2.04. The fourth-order valence-corrected chi connectivity index (χ4v) is 3.24. The number of furan rings is 1. The Kier molecular flexibility index (Phi) is 5.64. The Morgan fingerprint density at radius 3 is 2.70 bits per heavy atom. The van der Waals surface area contributed by atoms with Crippen LogP contribution in [0.5, 0.6) is 5.75 Å². The molecule has 6 nitrogen and oxygen atoms in total. The van der Waals surface area contributed by atoms with Gasteiger partial charge in [0.15, 0.2) is 11.5 Å². The predicted octanol–water partition coefficient (Wildman–Crippen LogP) is 4.06. The van der Waals surface area contributed by atoms with Gasteiger partial charge in [0.05, 0.1) is 24.5 Å². The highest BCUT2D eigenvalue weighted by atomic mass is 16.5. The first-order chi connectivity index (χ1) is 13.1. The van der Waals surface area contributed by atoms with Gasteiger partial charge in [0.1, 0.15) is 5.75 Å². The second-order valence-corrected chi connectivity index (χ2v) is 6.39. The van der Waals surface area contributed by atoms with Gasteiger partial charge in [-0.1, -0.05) is 26.0 Å². The molecule has 0 bridgehead atoms. The molecule has 6 heteroatoms. The van der Waals surface area contributed by atoms with Crippen LogP contribution in [0.25, 0.3) is 0 Å². The molecule has 2 aromatic rings. The van der Waals surface area contributed by atoms with Crippen LogP contribution in [0.1, 0.15) is 48.8 Å². The summed E-state index contributed by atoms with van der Waals surface area (Å²) in [4.78, 5) is 27.1. The summed E-state index contributed by atoms with van der Waals surface area (Å²) in [5.74, 6) is -0.804. The average molecular weight is 369 g/mol. The highest BCUT2D eigenvalue weighted by molar-refractivity contribution is 6.15. The van der Waals surface area contributed by atoms with Crippen LogP contribution in [0.3, 0.4) is 0 Å². The maximum absolute atomic E-state index is 12.9. The summed E-state index contributed by atoms with van der Waals surface area (Å²) in [6, 6.07) is 9.72. The molecule has 0 fully saturated rings. The summed E-state index contributed by atoms with van der Waals surface area (Å²) in [6.07, 6.45) is 2.96. The first kappa shape index (κ1) is 18.8. The molecule has 0 saturated heterocycles. The van der Waals surface area contributed by atoms with Crippen molar-refractivity contribution in [2.24, 2.45) is 0 Å². The highest BCUT2D eigenvalue weighted by Gasteiger charge is 2.44. The molecule has 1 unspecified atom stereocenters. The van der Waals surface area contributed by atoms with E-state index < -0.39 is 23.5 Å². The highest BCUT2D eigenvalue weighted by Crippen LogP contribution is 2.39. The number of nitrogens with zero attached hydrogens (tertiary/aromatic N) is 1. The molecule has 1 N–H and O–H groups in total. The Morgan fingerprint density at radius 2 is 2.04 bits per heavy atom. The number of aliphatic hydroxyl groups excluding tert-OH is 1. The van der Waals surface area contributed by atoms with E-state index in [2.05, 4.69) is 0 Å². The molecule has 1 aliphatic heterocycles. The van der Waals surface area contributed by atoms with Crippen molar-refractivity contribution in [2.45, 2.75) is 32.7 Å². The van der Waals surface area contributed by atoms with Crippen LogP contribution in [0.2, 0.25) is 0 Å². The largest absolute Gasteiger partial charge is 0.503 e. The Bertz CT molecular complexity index is 853. The maximum Gasteiger partial charge on any atom is 0.290 e. The van der Waals surface area contributed by atoms with Crippen molar-refractivity contribution in [3.63, 3.8) is 0 Å². The molecular formula is C21H23NO5. The van der Waals surface area contributed by atoms with Crippen LogP contribution in [-0.2, 0) is 4.79 Å². The van der Waals surface area contributed by atoms with Crippen molar-refractivity contribution in [1.29, 1.82) is 0 Å². The van der Waals surface area contributed by atoms with E-state index in [0.717, 1.165) is 6.42 Å². The zero-order valence-electron chi connectivity index (χ0n) is 15.5. The molecule has 1 aromatic heterocycles. The molecule has 2 heterocycles. The van der Waals surface area contributed by atoms with Gasteiger partial charge in [-0.2, -0.15) is 0 Å². The number of Topliss-reactive ketones (excluding diaryl/α,β-unsaturated/α-hetero) is 1. The minimum Gasteiger partial charge on any atom is -0.503 e. The van der Waals surface area contributed by atoms with E-state index in [1.54, 1.807) is 6.07 Å². The number of rotatable bonds is 8. The number of carbonyl (C=O) groups excluding carboxylic acids is 2. The van der Waals surface area contributed by atoms with E-state index in [9.17, 15) is 14.7 Å². The molecule has 27 heavy (non-hydrogen) atoms. The molecule has 1 atom stereocenters. The van der Waals surface area contributed by atoms with Crippen molar-refractivity contribution < 1.29 is 23.8 Å². The van der Waals surface area contributed by atoms with Crippen LogP contribution in [-0.4, -0.2) is 34.8 Å². The third kappa shape index (κ3) is 3.60. The van der Waals surface area contributed by atoms with Gasteiger partial charge in [0.2, 0.25) is 5.78 Å². The first-order valence-electron chi connectivity index (χ1n) is 9.13. The molecule has 1 amide bonds. The SMILES string of the molecule is CCCOc1cccc(C2C(C(=O)c3ccco3)=C(O)C(=O)N2CCC)c1. The topological polar surface area (TPSA) is 80.0 Å². The van der Waals surface area contributed by atoms with E-state index in [4.69, 9.17) is 9.15 Å². The molecule has 1 aliphatic rings. The summed E-state index contributed by atoms with van der Waals surface area (Å²) < 4.78 is 10.9. The van der Waals surface area contributed by atoms with Gasteiger partial charge in [0, 0.05) is 6.54 Å². The van der Waals surface area contributed by atoms with Crippen LogP contribution >= 0.6 is 0 Å². The monoisotopic (exact) mass is 369 g/mol. The smallest absolute Gasteiger partial charge is 0.290 e. The molecular weight excluding hydrogens is 346 g/mol. The van der Waals surface area contributed by atoms with Crippen molar-refractivity contribution in [2.75, 3.05) is 13.2 Å². The molecule has 142 valence electrons. The Labute approximate surface area is 158 Å². The van der Waals surface area contributed by atoms with E-state index in [1.807, 2.05) is 38.1 Å². The van der Waals surface area contributed by atoms with Crippen molar-refractivity contribution in [3.8, 4) is 5.75 Å². The summed E-state index contributed by atoms with van der Waals surface area (Å²) in [6.45, 7) is 4.95. The van der Waals surface area contributed by atoms with Gasteiger partial charge >= 0.3 is 0 Å². The second-order valence-electron chi connectivity index (χ2n) is 6.39. The van der Waals surface area contributed by atoms with Crippen molar-refractivity contribution in [1.82, 2.24) is 4.90 Å². The van der Waals surface area contributed by atoms with Gasteiger partial charge in [-0.15, -0.1) is 0 Å². The van der Waals surface area contributed by atoms with Crippen LogP contribution in [0, 0.1) is 0 Å². The number of aliphatic hydroxyl groups is 1. The quantitative estimate of drug-likeness (QED) is 0.710. The number of hydrogen-bond acceptors (Lipinski definition) is 5. The standard InChI is InChI=1S/C21H23NO5/c1-3-10-22-18(14-7-5-8-15(13-14)26-11-4-2)17(20(24)21(22)25)19(23)16-9-6-12-27-16/h5-9,12-13,18,24H,3-4,10-11H2,1-2H3. The fourth-order valence-electron chi connectivity index (χ4n) is 3.24. The Morgan fingerprint density at radius 1 is 1.22 bits per heavy atom.